The molecular weight excluding hydrogens is 283 g/mol. The fourth-order valence-corrected chi connectivity index (χ4v) is 2.68. The van der Waals surface area contributed by atoms with E-state index in [9.17, 15) is 9.18 Å². The van der Waals surface area contributed by atoms with E-state index in [0.717, 1.165) is 5.39 Å². The Labute approximate surface area is 124 Å². The van der Waals surface area contributed by atoms with Crippen LogP contribution in [0.15, 0.2) is 57.7 Å². The first-order valence-corrected chi connectivity index (χ1v) is 6.79. The van der Waals surface area contributed by atoms with Gasteiger partial charge in [0, 0.05) is 0 Å². The number of ether oxygens (including phenoxy) is 1. The third-order valence-electron chi connectivity index (χ3n) is 3.80. The Kier molecular flexibility index (Phi) is 2.66. The van der Waals surface area contributed by atoms with Crippen molar-refractivity contribution in [1.29, 1.82) is 0 Å². The Morgan fingerprint density at radius 3 is 2.55 bits per heavy atom. The summed E-state index contributed by atoms with van der Waals surface area (Å²) in [6, 6.07) is 13.0. The van der Waals surface area contributed by atoms with E-state index in [2.05, 4.69) is 0 Å². The van der Waals surface area contributed by atoms with E-state index < -0.39 is 0 Å². The Bertz CT molecular complexity index is 1100. The molecule has 0 bridgehead atoms. The first-order chi connectivity index (χ1) is 10.7. The molecule has 0 aliphatic heterocycles. The molecular formula is C18H11FO3. The van der Waals surface area contributed by atoms with Crippen LogP contribution in [0.2, 0.25) is 0 Å². The zero-order chi connectivity index (χ0) is 15.3. The van der Waals surface area contributed by atoms with Crippen molar-refractivity contribution in [2.75, 3.05) is 7.11 Å². The molecule has 4 heteroatoms. The summed E-state index contributed by atoms with van der Waals surface area (Å²) in [5, 5.41) is 2.37. The molecule has 0 saturated carbocycles. The molecule has 0 radical (unpaired) electrons. The van der Waals surface area contributed by atoms with Gasteiger partial charge in [-0.1, -0.05) is 6.07 Å². The van der Waals surface area contributed by atoms with Gasteiger partial charge in [-0.15, -0.1) is 0 Å². The molecule has 1 heterocycles. The largest absolute Gasteiger partial charge is 0.497 e. The fraction of sp³-hybridized carbons (Fsp3) is 0.0556. The van der Waals surface area contributed by atoms with Crippen molar-refractivity contribution in [3.8, 4) is 5.75 Å². The lowest BCUT2D eigenvalue weighted by molar-refractivity contribution is 0.415. The molecule has 0 N–H and O–H groups in total. The molecule has 0 spiro atoms. The number of rotatable bonds is 1. The summed E-state index contributed by atoms with van der Waals surface area (Å²) in [4.78, 5) is 12.7. The zero-order valence-electron chi connectivity index (χ0n) is 11.7. The number of hydrogen-bond acceptors (Lipinski definition) is 3. The van der Waals surface area contributed by atoms with Crippen LogP contribution in [-0.2, 0) is 0 Å². The molecule has 0 fully saturated rings. The number of hydrogen-bond donors (Lipinski definition) is 0. The quantitative estimate of drug-likeness (QED) is 0.493. The number of halogens is 1. The van der Waals surface area contributed by atoms with Crippen molar-refractivity contribution in [1.82, 2.24) is 0 Å². The average Bonchev–Trinajstić information content (AvgIpc) is 2.53. The average molecular weight is 294 g/mol. The van der Waals surface area contributed by atoms with Crippen LogP contribution in [-0.4, -0.2) is 7.11 Å². The van der Waals surface area contributed by atoms with E-state index in [1.807, 2.05) is 0 Å². The van der Waals surface area contributed by atoms with Crippen LogP contribution in [0.4, 0.5) is 4.39 Å². The van der Waals surface area contributed by atoms with Crippen LogP contribution >= 0.6 is 0 Å². The van der Waals surface area contributed by atoms with E-state index in [1.54, 1.807) is 43.5 Å². The maximum Gasteiger partial charge on any atom is 0.200 e. The minimum absolute atomic E-state index is 0.152. The Hall–Kier alpha value is -2.88. The molecule has 22 heavy (non-hydrogen) atoms. The summed E-state index contributed by atoms with van der Waals surface area (Å²) in [5.74, 6) is 0.254. The van der Waals surface area contributed by atoms with E-state index in [4.69, 9.17) is 9.15 Å². The third kappa shape index (κ3) is 1.84. The van der Waals surface area contributed by atoms with Gasteiger partial charge in [-0.05, 0) is 53.2 Å². The Balaban J connectivity index is 2.17. The molecule has 0 unspecified atom stereocenters. The number of fused-ring (bicyclic) bond motifs is 3. The summed E-state index contributed by atoms with van der Waals surface area (Å²) >= 11 is 0. The van der Waals surface area contributed by atoms with Crippen LogP contribution in [0.1, 0.15) is 0 Å². The lowest BCUT2D eigenvalue weighted by atomic mass is 10.1. The predicted octanol–water partition coefficient (Wildman–Crippen LogP) is 4.25. The van der Waals surface area contributed by atoms with Crippen molar-refractivity contribution < 1.29 is 13.5 Å². The fourth-order valence-electron chi connectivity index (χ4n) is 2.68. The number of benzene rings is 3. The van der Waals surface area contributed by atoms with Gasteiger partial charge in [0.25, 0.3) is 0 Å². The minimum atomic E-state index is -0.335. The van der Waals surface area contributed by atoms with E-state index in [0.29, 0.717) is 33.1 Å². The molecule has 108 valence electrons. The number of methoxy groups -OCH3 is 1. The maximum absolute atomic E-state index is 13.4. The highest BCUT2D eigenvalue weighted by Crippen LogP contribution is 2.26. The monoisotopic (exact) mass is 294 g/mol. The Morgan fingerprint density at radius 2 is 1.73 bits per heavy atom. The van der Waals surface area contributed by atoms with Crippen molar-refractivity contribution >= 4 is 32.7 Å². The van der Waals surface area contributed by atoms with Gasteiger partial charge in [-0.2, -0.15) is 0 Å². The Morgan fingerprint density at radius 1 is 0.909 bits per heavy atom. The van der Waals surface area contributed by atoms with Gasteiger partial charge >= 0.3 is 0 Å². The predicted molar refractivity (Wildman–Crippen MR) is 84.0 cm³/mol. The summed E-state index contributed by atoms with van der Waals surface area (Å²) in [7, 11) is 1.54. The summed E-state index contributed by atoms with van der Waals surface area (Å²) in [6.45, 7) is 0. The van der Waals surface area contributed by atoms with Crippen molar-refractivity contribution in [2.45, 2.75) is 0 Å². The summed E-state index contributed by atoms with van der Waals surface area (Å²) < 4.78 is 24.3. The molecule has 4 aromatic rings. The molecule has 4 rings (SSSR count). The van der Waals surface area contributed by atoms with Gasteiger partial charge in [0.1, 0.15) is 22.7 Å². The first kappa shape index (κ1) is 12.8. The van der Waals surface area contributed by atoms with Crippen LogP contribution in [0, 0.1) is 5.82 Å². The molecule has 3 nitrogen and oxygen atoms in total. The molecule has 0 aliphatic carbocycles. The third-order valence-corrected chi connectivity index (χ3v) is 3.80. The van der Waals surface area contributed by atoms with Gasteiger partial charge in [-0.3, -0.25) is 4.79 Å². The minimum Gasteiger partial charge on any atom is -0.497 e. The standard InChI is InChI=1S/C18H11FO3/c1-21-13-4-5-16-15(9-13)18(20)14-7-11-6-12(19)3-2-10(11)8-17(14)22-16/h2-9H,1H3. The van der Waals surface area contributed by atoms with Crippen LogP contribution in [0.25, 0.3) is 32.7 Å². The highest BCUT2D eigenvalue weighted by Gasteiger charge is 2.10. The van der Waals surface area contributed by atoms with Crippen molar-refractivity contribution in [3.63, 3.8) is 0 Å². The molecule has 0 atom stereocenters. The normalized spacial score (nSPS) is 11.4. The van der Waals surface area contributed by atoms with E-state index >= 15 is 0 Å². The summed E-state index contributed by atoms with van der Waals surface area (Å²) in [6.07, 6.45) is 0. The highest BCUT2D eigenvalue weighted by molar-refractivity contribution is 5.99. The van der Waals surface area contributed by atoms with Crippen LogP contribution in [0.5, 0.6) is 5.75 Å². The lowest BCUT2D eigenvalue weighted by Crippen LogP contribution is -2.02. The summed E-state index contributed by atoms with van der Waals surface area (Å²) in [5.41, 5.74) is 0.836. The molecule has 0 amide bonds. The lowest BCUT2D eigenvalue weighted by Gasteiger charge is -2.05. The van der Waals surface area contributed by atoms with Gasteiger partial charge in [0.15, 0.2) is 0 Å². The second-order valence-electron chi connectivity index (χ2n) is 5.13. The zero-order valence-corrected chi connectivity index (χ0v) is 11.7. The molecule has 3 aromatic carbocycles. The van der Waals surface area contributed by atoms with E-state index in [-0.39, 0.29) is 11.2 Å². The SMILES string of the molecule is COc1ccc2oc3cc4ccc(F)cc4cc3c(=O)c2c1. The van der Waals surface area contributed by atoms with Crippen LogP contribution in [0.3, 0.4) is 0 Å². The van der Waals surface area contributed by atoms with E-state index in [1.165, 1.54) is 12.1 Å². The van der Waals surface area contributed by atoms with Crippen molar-refractivity contribution in [3.05, 3.63) is 64.6 Å². The molecule has 0 saturated heterocycles. The maximum atomic E-state index is 13.4. The topological polar surface area (TPSA) is 39.4 Å². The van der Waals surface area contributed by atoms with Crippen LogP contribution < -0.4 is 10.2 Å². The van der Waals surface area contributed by atoms with Gasteiger partial charge in [-0.25, -0.2) is 4.39 Å². The smallest absolute Gasteiger partial charge is 0.200 e. The first-order valence-electron chi connectivity index (χ1n) is 6.79. The van der Waals surface area contributed by atoms with Gasteiger partial charge in [0.05, 0.1) is 17.9 Å². The molecule has 1 aromatic heterocycles. The molecule has 0 aliphatic rings. The highest BCUT2D eigenvalue weighted by atomic mass is 19.1. The second kappa shape index (κ2) is 4.56. The van der Waals surface area contributed by atoms with Crippen molar-refractivity contribution in [2.24, 2.45) is 0 Å². The second-order valence-corrected chi connectivity index (χ2v) is 5.13. The van der Waals surface area contributed by atoms with Gasteiger partial charge < -0.3 is 9.15 Å². The van der Waals surface area contributed by atoms with Gasteiger partial charge in [0.2, 0.25) is 5.43 Å².